The summed E-state index contributed by atoms with van der Waals surface area (Å²) in [5.74, 6) is 0.116. The van der Waals surface area contributed by atoms with Crippen molar-refractivity contribution < 1.29 is 9.53 Å². The lowest BCUT2D eigenvalue weighted by molar-refractivity contribution is -0.120. The molecule has 1 aromatic rings. The van der Waals surface area contributed by atoms with Gasteiger partial charge in [-0.25, -0.2) is 0 Å². The van der Waals surface area contributed by atoms with E-state index in [-0.39, 0.29) is 17.5 Å². The van der Waals surface area contributed by atoms with E-state index >= 15 is 0 Å². The Morgan fingerprint density at radius 2 is 2.53 bits per heavy atom. The van der Waals surface area contributed by atoms with Gasteiger partial charge in [-0.15, -0.1) is 0 Å². The maximum Gasteiger partial charge on any atom is 0.251 e. The third kappa shape index (κ3) is 3.30. The van der Waals surface area contributed by atoms with Gasteiger partial charge in [0.05, 0.1) is 11.8 Å². The number of amides is 1. The highest BCUT2D eigenvalue weighted by Crippen LogP contribution is 2.09. The first-order valence-electron chi connectivity index (χ1n) is 4.36. The van der Waals surface area contributed by atoms with E-state index in [1.165, 1.54) is 6.20 Å². The van der Waals surface area contributed by atoms with E-state index in [0.29, 0.717) is 18.0 Å². The first-order chi connectivity index (χ1) is 7.15. The van der Waals surface area contributed by atoms with Gasteiger partial charge < -0.3 is 15.8 Å². The Balaban J connectivity index is 2.60. The number of hydrogen-bond donors (Lipinski definition) is 3. The van der Waals surface area contributed by atoms with E-state index in [9.17, 15) is 4.79 Å². The molecule has 0 radical (unpaired) electrons. The van der Waals surface area contributed by atoms with Gasteiger partial charge in [-0.1, -0.05) is 12.2 Å². The van der Waals surface area contributed by atoms with Crippen LogP contribution < -0.4 is 11.1 Å². The Labute approximate surface area is 92.2 Å². The van der Waals surface area contributed by atoms with Gasteiger partial charge in [-0.05, 0) is 6.92 Å². The third-order valence-corrected chi connectivity index (χ3v) is 1.83. The number of aromatic amines is 1. The van der Waals surface area contributed by atoms with E-state index < -0.39 is 0 Å². The molecule has 0 atom stereocenters. The lowest BCUT2D eigenvalue weighted by Crippen LogP contribution is -2.21. The molecule has 7 heteroatoms. The number of ether oxygens (including phenoxy) is 1. The summed E-state index contributed by atoms with van der Waals surface area (Å²) in [6.45, 7) is 2.29. The second-order valence-electron chi connectivity index (χ2n) is 2.71. The summed E-state index contributed by atoms with van der Waals surface area (Å²) < 4.78 is 4.93. The first-order valence-corrected chi connectivity index (χ1v) is 4.76. The number of anilines is 1. The first kappa shape index (κ1) is 11.6. The van der Waals surface area contributed by atoms with Gasteiger partial charge in [-0.3, -0.25) is 9.89 Å². The summed E-state index contributed by atoms with van der Waals surface area (Å²) >= 11 is 4.78. The predicted octanol–water partition coefficient (Wildman–Crippen LogP) is 0.0189. The van der Waals surface area contributed by atoms with Crippen LogP contribution in [0.25, 0.3) is 0 Å². The highest BCUT2D eigenvalue weighted by molar-refractivity contribution is 7.80. The maximum atomic E-state index is 11.3. The van der Waals surface area contributed by atoms with Crippen molar-refractivity contribution in [1.29, 1.82) is 0 Å². The zero-order valence-corrected chi connectivity index (χ0v) is 9.06. The Morgan fingerprint density at radius 3 is 3.13 bits per heavy atom. The van der Waals surface area contributed by atoms with Crippen molar-refractivity contribution in [1.82, 2.24) is 10.2 Å². The number of carbonyl (C=O) groups is 1. The average molecular weight is 228 g/mol. The van der Waals surface area contributed by atoms with Gasteiger partial charge in [0.2, 0.25) is 0 Å². The van der Waals surface area contributed by atoms with Gasteiger partial charge in [0.1, 0.15) is 17.4 Å². The molecule has 0 bridgehead atoms. The van der Waals surface area contributed by atoms with Crippen molar-refractivity contribution in [2.24, 2.45) is 5.73 Å². The van der Waals surface area contributed by atoms with Crippen LogP contribution in [0.1, 0.15) is 12.5 Å². The number of aromatic nitrogens is 2. The van der Waals surface area contributed by atoms with Gasteiger partial charge in [-0.2, -0.15) is 5.10 Å². The minimum Gasteiger partial charge on any atom is -0.389 e. The molecule has 15 heavy (non-hydrogen) atoms. The molecule has 6 nitrogen and oxygen atoms in total. The molecule has 4 N–H and O–H groups in total. The fourth-order valence-electron chi connectivity index (χ4n) is 0.939. The molecule has 0 fully saturated rings. The zero-order valence-electron chi connectivity index (χ0n) is 8.24. The molecule has 0 saturated heterocycles. The number of carbonyl (C=O) groups excluding carboxylic acids is 1. The van der Waals surface area contributed by atoms with Crippen LogP contribution in [0.3, 0.4) is 0 Å². The number of nitrogens with one attached hydrogen (secondary N) is 2. The monoisotopic (exact) mass is 228 g/mol. The molecule has 0 spiro atoms. The maximum absolute atomic E-state index is 11.3. The highest BCUT2D eigenvalue weighted by Gasteiger charge is 2.10. The van der Waals surface area contributed by atoms with Gasteiger partial charge in [0.25, 0.3) is 5.91 Å². The minimum atomic E-state index is -0.279. The Morgan fingerprint density at radius 1 is 1.80 bits per heavy atom. The molecule has 0 aliphatic rings. The van der Waals surface area contributed by atoms with Crippen LogP contribution in [0.4, 0.5) is 5.82 Å². The number of H-pyrrole nitrogens is 1. The summed E-state index contributed by atoms with van der Waals surface area (Å²) in [6.07, 6.45) is 1.46. The quantitative estimate of drug-likeness (QED) is 0.618. The molecule has 1 heterocycles. The van der Waals surface area contributed by atoms with Crippen LogP contribution in [0.15, 0.2) is 6.20 Å². The number of nitrogens with two attached hydrogens (primary N) is 1. The Bertz CT molecular complexity index is 363. The number of nitrogens with zero attached hydrogens (tertiary/aromatic N) is 1. The average Bonchev–Trinajstić information content (AvgIpc) is 2.62. The van der Waals surface area contributed by atoms with Crippen LogP contribution in [0.2, 0.25) is 0 Å². The number of hydrogen-bond acceptors (Lipinski definition) is 4. The third-order valence-electron chi connectivity index (χ3n) is 1.61. The summed E-state index contributed by atoms with van der Waals surface area (Å²) in [5.41, 5.74) is 5.93. The van der Waals surface area contributed by atoms with Crippen molar-refractivity contribution in [3.8, 4) is 0 Å². The second-order valence-corrected chi connectivity index (χ2v) is 3.15. The van der Waals surface area contributed by atoms with Gasteiger partial charge >= 0.3 is 0 Å². The Kier molecular flexibility index (Phi) is 4.19. The summed E-state index contributed by atoms with van der Waals surface area (Å²) in [5, 5.41) is 8.88. The summed E-state index contributed by atoms with van der Waals surface area (Å²) in [7, 11) is 0. The fraction of sp³-hybridized carbons (Fsp3) is 0.375. The fourth-order valence-corrected chi connectivity index (χ4v) is 1.09. The Hall–Kier alpha value is -1.47. The minimum absolute atomic E-state index is 0.00765. The highest BCUT2D eigenvalue weighted by atomic mass is 32.1. The second kappa shape index (κ2) is 5.42. The summed E-state index contributed by atoms with van der Waals surface area (Å²) in [4.78, 5) is 11.5. The van der Waals surface area contributed by atoms with E-state index in [4.69, 9.17) is 22.7 Å². The molecule has 0 unspecified atom stereocenters. The lowest BCUT2D eigenvalue weighted by Gasteiger charge is -2.04. The van der Waals surface area contributed by atoms with Crippen molar-refractivity contribution in [2.45, 2.75) is 6.92 Å². The van der Waals surface area contributed by atoms with Gasteiger partial charge in [0, 0.05) is 6.61 Å². The molecule has 1 amide bonds. The molecular formula is C8H12N4O2S. The number of rotatable bonds is 5. The van der Waals surface area contributed by atoms with Gasteiger partial charge in [0.15, 0.2) is 0 Å². The van der Waals surface area contributed by atoms with Crippen LogP contribution >= 0.6 is 12.2 Å². The SMILES string of the molecule is CCOCC(=O)Nc1[nH]ncc1C(N)=S. The predicted molar refractivity (Wildman–Crippen MR) is 59.6 cm³/mol. The van der Waals surface area contributed by atoms with Crippen molar-refractivity contribution in [3.05, 3.63) is 11.8 Å². The van der Waals surface area contributed by atoms with Crippen molar-refractivity contribution in [2.75, 3.05) is 18.5 Å². The van der Waals surface area contributed by atoms with Crippen molar-refractivity contribution in [3.63, 3.8) is 0 Å². The van der Waals surface area contributed by atoms with Crippen LogP contribution in [0, 0.1) is 0 Å². The molecule has 1 rings (SSSR count). The number of thiocarbonyl (C=S) groups is 1. The van der Waals surface area contributed by atoms with Crippen LogP contribution in [0.5, 0.6) is 0 Å². The smallest absolute Gasteiger partial charge is 0.251 e. The topological polar surface area (TPSA) is 93.0 Å². The molecular weight excluding hydrogens is 216 g/mol. The van der Waals surface area contributed by atoms with Crippen LogP contribution in [-0.2, 0) is 9.53 Å². The van der Waals surface area contributed by atoms with E-state index in [1.807, 2.05) is 6.92 Å². The zero-order chi connectivity index (χ0) is 11.3. The molecule has 0 aliphatic carbocycles. The normalized spacial score (nSPS) is 9.93. The standard InChI is InChI=1S/C8H12N4O2S/c1-2-14-4-6(13)11-8-5(7(9)15)3-10-12-8/h3H,2,4H2,1H3,(H2,9,15)(H2,10,11,12,13). The molecule has 0 aromatic carbocycles. The van der Waals surface area contributed by atoms with E-state index in [1.54, 1.807) is 0 Å². The molecule has 1 aromatic heterocycles. The lowest BCUT2D eigenvalue weighted by atomic mass is 10.3. The summed E-state index contributed by atoms with van der Waals surface area (Å²) in [6, 6.07) is 0. The van der Waals surface area contributed by atoms with E-state index in [2.05, 4.69) is 15.5 Å². The van der Waals surface area contributed by atoms with E-state index in [0.717, 1.165) is 0 Å². The largest absolute Gasteiger partial charge is 0.389 e. The molecule has 0 aliphatic heterocycles. The molecule has 82 valence electrons. The molecule has 0 saturated carbocycles. The van der Waals surface area contributed by atoms with Crippen LogP contribution in [-0.4, -0.2) is 34.3 Å². The van der Waals surface area contributed by atoms with Crippen molar-refractivity contribution >= 4 is 28.9 Å².